The van der Waals surface area contributed by atoms with Gasteiger partial charge in [0, 0.05) is 10.6 Å². The van der Waals surface area contributed by atoms with Crippen LogP contribution in [0.3, 0.4) is 0 Å². The second-order valence-electron chi connectivity index (χ2n) is 6.64. The molecule has 1 aliphatic carbocycles. The Morgan fingerprint density at radius 3 is 2.50 bits per heavy atom. The first-order valence-corrected chi connectivity index (χ1v) is 9.37. The minimum Gasteiger partial charge on any atom is -0.490 e. The summed E-state index contributed by atoms with van der Waals surface area (Å²) in [5.41, 5.74) is 7.96. The lowest BCUT2D eigenvalue weighted by molar-refractivity contribution is 0.102. The van der Waals surface area contributed by atoms with Crippen LogP contribution < -0.4 is 10.5 Å². The van der Waals surface area contributed by atoms with Crippen LogP contribution in [-0.4, -0.2) is 12.6 Å². The molecule has 2 aromatic rings. The van der Waals surface area contributed by atoms with Crippen molar-refractivity contribution in [2.45, 2.75) is 44.6 Å². The van der Waals surface area contributed by atoms with Gasteiger partial charge in [0.15, 0.2) is 0 Å². The van der Waals surface area contributed by atoms with Crippen molar-refractivity contribution in [1.82, 2.24) is 0 Å². The number of benzene rings is 2. The Balaban J connectivity index is 1.80. The Hall–Kier alpha value is -1.51. The summed E-state index contributed by atoms with van der Waals surface area (Å²) < 4.78 is 6.37. The third kappa shape index (κ3) is 4.31. The van der Waals surface area contributed by atoms with Gasteiger partial charge in [0.25, 0.3) is 0 Å². The maximum Gasteiger partial charge on any atom is 0.120 e. The zero-order valence-corrected chi connectivity index (χ0v) is 14.8. The summed E-state index contributed by atoms with van der Waals surface area (Å²) in [4.78, 5) is 0. The molecule has 0 aliphatic heterocycles. The average Bonchev–Trinajstić information content (AvgIpc) is 2.64. The highest BCUT2D eigenvalue weighted by Gasteiger charge is 2.25. The van der Waals surface area contributed by atoms with Gasteiger partial charge >= 0.3 is 0 Å². The van der Waals surface area contributed by atoms with Gasteiger partial charge in [-0.15, -0.1) is 0 Å². The van der Waals surface area contributed by atoms with Crippen LogP contribution in [0.5, 0.6) is 5.75 Å². The molecular formula is C21H26ClNO. The molecule has 0 radical (unpaired) electrons. The molecule has 0 bridgehead atoms. The van der Waals surface area contributed by atoms with Crippen LogP contribution in [0.4, 0.5) is 0 Å². The van der Waals surface area contributed by atoms with E-state index in [-0.39, 0.29) is 6.10 Å². The fraction of sp³-hybridized carbons (Fsp3) is 0.429. The summed E-state index contributed by atoms with van der Waals surface area (Å²) in [6.45, 7) is 0.667. The molecule has 2 N–H and O–H groups in total. The average molecular weight is 344 g/mol. The van der Waals surface area contributed by atoms with E-state index in [9.17, 15) is 0 Å². The smallest absolute Gasteiger partial charge is 0.120 e. The van der Waals surface area contributed by atoms with Gasteiger partial charge in [-0.1, -0.05) is 61.2 Å². The van der Waals surface area contributed by atoms with Crippen molar-refractivity contribution in [2.24, 2.45) is 11.7 Å². The van der Waals surface area contributed by atoms with Crippen molar-refractivity contribution in [1.29, 1.82) is 0 Å². The highest BCUT2D eigenvalue weighted by Crippen LogP contribution is 2.34. The van der Waals surface area contributed by atoms with Gasteiger partial charge in [-0.2, -0.15) is 0 Å². The molecule has 0 amide bonds. The van der Waals surface area contributed by atoms with Gasteiger partial charge in [0.2, 0.25) is 0 Å². The van der Waals surface area contributed by atoms with E-state index in [0.29, 0.717) is 12.5 Å². The molecule has 24 heavy (non-hydrogen) atoms. The molecule has 0 heterocycles. The fourth-order valence-electron chi connectivity index (χ4n) is 3.65. The second kappa shape index (κ2) is 8.55. The van der Waals surface area contributed by atoms with Crippen molar-refractivity contribution >= 4 is 11.6 Å². The van der Waals surface area contributed by atoms with E-state index in [0.717, 1.165) is 28.3 Å². The molecule has 1 unspecified atom stereocenters. The Morgan fingerprint density at radius 2 is 1.79 bits per heavy atom. The molecule has 0 spiro atoms. The Labute approximate surface area is 150 Å². The molecule has 3 rings (SSSR count). The van der Waals surface area contributed by atoms with E-state index >= 15 is 0 Å². The quantitative estimate of drug-likeness (QED) is 0.731. The molecular weight excluding hydrogens is 318 g/mol. The van der Waals surface area contributed by atoms with E-state index in [1.807, 2.05) is 30.3 Å². The fourth-order valence-corrected chi connectivity index (χ4v) is 3.88. The maximum atomic E-state index is 6.40. The molecule has 1 atom stereocenters. The Morgan fingerprint density at radius 1 is 1.04 bits per heavy atom. The maximum absolute atomic E-state index is 6.40. The van der Waals surface area contributed by atoms with Crippen LogP contribution in [0.2, 0.25) is 5.02 Å². The summed E-state index contributed by atoms with van der Waals surface area (Å²) in [6.07, 6.45) is 7.60. The third-order valence-electron chi connectivity index (χ3n) is 4.94. The van der Waals surface area contributed by atoms with Crippen LogP contribution in [0.15, 0.2) is 48.5 Å². The van der Waals surface area contributed by atoms with Gasteiger partial charge in [-0.25, -0.2) is 0 Å². The Bertz CT molecular complexity index is 638. The lowest BCUT2D eigenvalue weighted by atomic mass is 9.84. The molecule has 1 fully saturated rings. The van der Waals surface area contributed by atoms with Crippen molar-refractivity contribution in [3.8, 4) is 16.9 Å². The topological polar surface area (TPSA) is 35.2 Å². The molecule has 0 saturated heterocycles. The predicted octanol–water partition coefficient (Wildman–Crippen LogP) is 5.68. The van der Waals surface area contributed by atoms with Crippen LogP contribution in [-0.2, 0) is 0 Å². The van der Waals surface area contributed by atoms with E-state index in [1.165, 1.54) is 32.1 Å². The molecule has 1 saturated carbocycles. The number of rotatable bonds is 6. The third-order valence-corrected chi connectivity index (χ3v) is 5.27. The van der Waals surface area contributed by atoms with E-state index in [4.69, 9.17) is 22.1 Å². The normalized spacial score (nSPS) is 16.8. The van der Waals surface area contributed by atoms with E-state index in [2.05, 4.69) is 18.2 Å². The molecule has 3 heteroatoms. The van der Waals surface area contributed by atoms with E-state index in [1.54, 1.807) is 0 Å². The van der Waals surface area contributed by atoms with Crippen molar-refractivity contribution in [3.05, 3.63) is 53.6 Å². The molecule has 2 nitrogen and oxygen atoms in total. The van der Waals surface area contributed by atoms with Gasteiger partial charge in [-0.3, -0.25) is 0 Å². The molecule has 2 aromatic carbocycles. The zero-order valence-electron chi connectivity index (χ0n) is 14.1. The number of halogens is 1. The summed E-state index contributed by atoms with van der Waals surface area (Å²) in [5.74, 6) is 1.51. The highest BCUT2D eigenvalue weighted by molar-refractivity contribution is 6.33. The van der Waals surface area contributed by atoms with Crippen molar-refractivity contribution in [2.75, 3.05) is 6.54 Å². The van der Waals surface area contributed by atoms with Crippen LogP contribution in [0, 0.1) is 5.92 Å². The molecule has 0 aromatic heterocycles. The summed E-state index contributed by atoms with van der Waals surface area (Å²) >= 11 is 6.40. The van der Waals surface area contributed by atoms with E-state index < -0.39 is 0 Å². The summed E-state index contributed by atoms with van der Waals surface area (Å²) in [6, 6.07) is 16.2. The van der Waals surface area contributed by atoms with Crippen molar-refractivity contribution < 1.29 is 4.74 Å². The van der Waals surface area contributed by atoms with Crippen LogP contribution >= 0.6 is 11.6 Å². The number of ether oxygens (including phenoxy) is 1. The minimum atomic E-state index is 0.208. The van der Waals surface area contributed by atoms with Gasteiger partial charge in [0.05, 0.1) is 0 Å². The molecule has 1 aliphatic rings. The molecule has 128 valence electrons. The Kier molecular flexibility index (Phi) is 6.17. The van der Waals surface area contributed by atoms with Crippen LogP contribution in [0.25, 0.3) is 11.1 Å². The first kappa shape index (κ1) is 17.3. The number of hydrogen-bond acceptors (Lipinski definition) is 2. The lowest BCUT2D eigenvalue weighted by Gasteiger charge is -2.30. The lowest BCUT2D eigenvalue weighted by Crippen LogP contribution is -2.31. The standard InChI is InChI=1S/C21H26ClNO/c22-20-12-11-18(15-19(20)16-7-3-1-4-8-16)24-21(13-14-23)17-9-5-2-6-10-17/h1,3-4,7-8,11-12,15,17,21H,2,5-6,9-10,13-14,23H2. The number of hydrogen-bond donors (Lipinski definition) is 1. The predicted molar refractivity (Wildman–Crippen MR) is 102 cm³/mol. The second-order valence-corrected chi connectivity index (χ2v) is 7.05. The van der Waals surface area contributed by atoms with Gasteiger partial charge in [0.1, 0.15) is 11.9 Å². The summed E-state index contributed by atoms with van der Waals surface area (Å²) in [7, 11) is 0. The largest absolute Gasteiger partial charge is 0.490 e. The van der Waals surface area contributed by atoms with Crippen molar-refractivity contribution in [3.63, 3.8) is 0 Å². The SMILES string of the molecule is NCCC(Oc1ccc(Cl)c(-c2ccccc2)c1)C1CCCCC1. The van der Waals surface area contributed by atoms with Crippen LogP contribution in [0.1, 0.15) is 38.5 Å². The van der Waals surface area contributed by atoms with Gasteiger partial charge in [-0.05, 0) is 55.5 Å². The summed E-state index contributed by atoms with van der Waals surface area (Å²) in [5, 5.41) is 0.751. The first-order valence-electron chi connectivity index (χ1n) is 8.99. The highest BCUT2D eigenvalue weighted by atomic mass is 35.5. The monoisotopic (exact) mass is 343 g/mol. The first-order chi connectivity index (χ1) is 11.8. The zero-order chi connectivity index (χ0) is 16.8. The van der Waals surface area contributed by atoms with Gasteiger partial charge < -0.3 is 10.5 Å². The minimum absolute atomic E-state index is 0.208. The number of nitrogens with two attached hydrogens (primary N) is 1.